The van der Waals surface area contributed by atoms with Gasteiger partial charge in [-0.2, -0.15) is 5.26 Å². The first-order valence-electron chi connectivity index (χ1n) is 7.41. The van der Waals surface area contributed by atoms with Crippen LogP contribution in [0.4, 0.5) is 8.78 Å². The average Bonchev–Trinajstić information content (AvgIpc) is 2.62. The Morgan fingerprint density at radius 2 is 1.81 bits per heavy atom. The molecule has 0 saturated heterocycles. The third kappa shape index (κ3) is 5.34. The van der Waals surface area contributed by atoms with Crippen LogP contribution in [0.1, 0.15) is 17.5 Å². The van der Waals surface area contributed by atoms with E-state index in [0.29, 0.717) is 23.3 Å². The Morgan fingerprint density at radius 1 is 1.12 bits per heavy atom. The molecule has 0 fully saturated rings. The lowest BCUT2D eigenvalue weighted by molar-refractivity contribution is -0.144. The maximum atomic E-state index is 13.1. The SMILES string of the molecule is N#Cc1ccc(COC(=O)CCNS(=O)(=O)c2ccc(F)c(F)c2)cc1. The third-order valence-corrected chi connectivity index (χ3v) is 4.76. The van der Waals surface area contributed by atoms with Gasteiger partial charge >= 0.3 is 5.97 Å². The molecule has 0 amide bonds. The Morgan fingerprint density at radius 3 is 2.42 bits per heavy atom. The summed E-state index contributed by atoms with van der Waals surface area (Å²) >= 11 is 0. The van der Waals surface area contributed by atoms with Gasteiger partial charge < -0.3 is 4.74 Å². The minimum atomic E-state index is -4.07. The number of nitriles is 1. The van der Waals surface area contributed by atoms with Crippen molar-refractivity contribution in [2.75, 3.05) is 6.54 Å². The van der Waals surface area contributed by atoms with Crippen molar-refractivity contribution in [2.24, 2.45) is 0 Å². The van der Waals surface area contributed by atoms with E-state index in [1.165, 1.54) is 0 Å². The van der Waals surface area contributed by atoms with Gasteiger partial charge in [-0.15, -0.1) is 0 Å². The second kappa shape index (κ2) is 8.51. The monoisotopic (exact) mass is 380 g/mol. The molecular formula is C17H14F2N2O4S. The fraction of sp³-hybridized carbons (Fsp3) is 0.176. The molecule has 0 spiro atoms. The van der Waals surface area contributed by atoms with Crippen LogP contribution in [-0.2, 0) is 26.2 Å². The molecule has 0 radical (unpaired) electrons. The highest BCUT2D eigenvalue weighted by molar-refractivity contribution is 7.89. The van der Waals surface area contributed by atoms with E-state index in [0.717, 1.165) is 6.07 Å². The summed E-state index contributed by atoms with van der Waals surface area (Å²) in [7, 11) is -4.07. The summed E-state index contributed by atoms with van der Waals surface area (Å²) in [6, 6.07) is 10.6. The van der Waals surface area contributed by atoms with Crippen molar-refractivity contribution in [1.82, 2.24) is 4.72 Å². The average molecular weight is 380 g/mol. The zero-order valence-corrected chi connectivity index (χ0v) is 14.2. The van der Waals surface area contributed by atoms with E-state index in [2.05, 4.69) is 4.72 Å². The number of halogens is 2. The van der Waals surface area contributed by atoms with Crippen LogP contribution in [0.25, 0.3) is 0 Å². The summed E-state index contributed by atoms with van der Waals surface area (Å²) in [6.07, 6.45) is -0.237. The lowest BCUT2D eigenvalue weighted by Crippen LogP contribution is -2.27. The molecule has 2 aromatic rings. The van der Waals surface area contributed by atoms with Crippen LogP contribution in [0.2, 0.25) is 0 Å². The van der Waals surface area contributed by atoms with Gasteiger partial charge in [0.2, 0.25) is 10.0 Å². The van der Waals surface area contributed by atoms with Gasteiger partial charge in [-0.25, -0.2) is 21.9 Å². The van der Waals surface area contributed by atoms with Crippen molar-refractivity contribution in [3.8, 4) is 6.07 Å². The molecule has 0 aliphatic rings. The van der Waals surface area contributed by atoms with E-state index < -0.39 is 32.5 Å². The molecule has 9 heteroatoms. The highest BCUT2D eigenvalue weighted by atomic mass is 32.2. The van der Waals surface area contributed by atoms with Crippen molar-refractivity contribution >= 4 is 16.0 Å². The molecule has 2 rings (SSSR count). The Balaban J connectivity index is 1.81. The van der Waals surface area contributed by atoms with E-state index in [1.54, 1.807) is 24.3 Å². The van der Waals surface area contributed by atoms with Crippen molar-refractivity contribution < 1.29 is 26.7 Å². The quantitative estimate of drug-likeness (QED) is 0.743. The van der Waals surface area contributed by atoms with Crippen LogP contribution >= 0.6 is 0 Å². The predicted molar refractivity (Wildman–Crippen MR) is 87.1 cm³/mol. The Kier molecular flexibility index (Phi) is 6.38. The van der Waals surface area contributed by atoms with Crippen LogP contribution < -0.4 is 4.72 Å². The smallest absolute Gasteiger partial charge is 0.307 e. The summed E-state index contributed by atoms with van der Waals surface area (Å²) in [5, 5.41) is 8.69. The number of carbonyl (C=O) groups excluding carboxylic acids is 1. The van der Waals surface area contributed by atoms with Crippen LogP contribution in [-0.4, -0.2) is 20.9 Å². The molecule has 26 heavy (non-hydrogen) atoms. The molecule has 0 atom stereocenters. The molecule has 0 saturated carbocycles. The van der Waals surface area contributed by atoms with Gasteiger partial charge in [0.15, 0.2) is 11.6 Å². The first kappa shape index (κ1) is 19.5. The lowest BCUT2D eigenvalue weighted by Gasteiger charge is -2.08. The molecule has 0 aliphatic heterocycles. The summed E-state index contributed by atoms with van der Waals surface area (Å²) in [6.45, 7) is -0.270. The van der Waals surface area contributed by atoms with E-state index in [4.69, 9.17) is 10.00 Å². The van der Waals surface area contributed by atoms with Crippen molar-refractivity contribution in [1.29, 1.82) is 5.26 Å². The largest absolute Gasteiger partial charge is 0.461 e. The van der Waals surface area contributed by atoms with Crippen LogP contribution in [0.15, 0.2) is 47.4 Å². The van der Waals surface area contributed by atoms with Crippen molar-refractivity contribution in [3.63, 3.8) is 0 Å². The first-order chi connectivity index (χ1) is 12.3. The van der Waals surface area contributed by atoms with E-state index >= 15 is 0 Å². The van der Waals surface area contributed by atoms with Gasteiger partial charge in [0, 0.05) is 6.54 Å². The first-order valence-corrected chi connectivity index (χ1v) is 8.89. The molecular weight excluding hydrogens is 366 g/mol. The number of esters is 1. The second-order valence-electron chi connectivity index (χ2n) is 5.19. The number of ether oxygens (including phenoxy) is 1. The van der Waals surface area contributed by atoms with Crippen LogP contribution in [0.3, 0.4) is 0 Å². The molecule has 136 valence electrons. The summed E-state index contributed by atoms with van der Waals surface area (Å²) in [5.41, 5.74) is 1.16. The molecule has 0 aliphatic carbocycles. The maximum Gasteiger partial charge on any atom is 0.307 e. The molecule has 0 aromatic heterocycles. The fourth-order valence-electron chi connectivity index (χ4n) is 1.93. The number of rotatable bonds is 7. The van der Waals surface area contributed by atoms with Crippen molar-refractivity contribution in [2.45, 2.75) is 17.9 Å². The summed E-state index contributed by atoms with van der Waals surface area (Å²) in [5.74, 6) is -3.08. The highest BCUT2D eigenvalue weighted by Crippen LogP contribution is 2.13. The van der Waals surface area contributed by atoms with E-state index in [1.807, 2.05) is 6.07 Å². The highest BCUT2D eigenvalue weighted by Gasteiger charge is 2.16. The Bertz CT molecular complexity index is 938. The van der Waals surface area contributed by atoms with Gasteiger partial charge in [-0.05, 0) is 35.9 Å². The summed E-state index contributed by atoms with van der Waals surface area (Å²) < 4.78 is 56.9. The number of hydrogen-bond acceptors (Lipinski definition) is 5. The molecule has 0 bridgehead atoms. The number of carbonyl (C=O) groups is 1. The maximum absolute atomic E-state index is 13.1. The van der Waals surface area contributed by atoms with Gasteiger partial charge in [0.1, 0.15) is 6.61 Å². The molecule has 0 heterocycles. The molecule has 0 unspecified atom stereocenters. The predicted octanol–water partition coefficient (Wildman–Crippen LogP) is 2.25. The molecule has 6 nitrogen and oxygen atoms in total. The number of benzene rings is 2. The minimum absolute atomic E-state index is 0.0134. The fourth-order valence-corrected chi connectivity index (χ4v) is 2.97. The van der Waals surface area contributed by atoms with Crippen LogP contribution in [0.5, 0.6) is 0 Å². The topological polar surface area (TPSA) is 96.3 Å². The van der Waals surface area contributed by atoms with Gasteiger partial charge in [0.05, 0.1) is 22.9 Å². The van der Waals surface area contributed by atoms with Crippen LogP contribution in [0, 0.1) is 23.0 Å². The number of sulfonamides is 1. The van der Waals surface area contributed by atoms with Gasteiger partial charge in [0.25, 0.3) is 0 Å². The van der Waals surface area contributed by atoms with E-state index in [-0.39, 0.29) is 19.6 Å². The van der Waals surface area contributed by atoms with Gasteiger partial charge in [-0.1, -0.05) is 12.1 Å². The van der Waals surface area contributed by atoms with Gasteiger partial charge in [-0.3, -0.25) is 4.79 Å². The number of hydrogen-bond donors (Lipinski definition) is 1. The third-order valence-electron chi connectivity index (χ3n) is 3.31. The lowest BCUT2D eigenvalue weighted by atomic mass is 10.2. The zero-order chi connectivity index (χ0) is 19.2. The zero-order valence-electron chi connectivity index (χ0n) is 13.4. The standard InChI is InChI=1S/C17H14F2N2O4S/c18-15-6-5-14(9-16(15)19)26(23,24)21-8-7-17(22)25-11-13-3-1-12(10-20)2-4-13/h1-6,9,21H,7-8,11H2. The summed E-state index contributed by atoms with van der Waals surface area (Å²) in [4.78, 5) is 11.2. The number of nitrogens with zero attached hydrogens (tertiary/aromatic N) is 1. The Hall–Kier alpha value is -2.83. The van der Waals surface area contributed by atoms with E-state index in [9.17, 15) is 22.0 Å². The Labute approximate surface area is 149 Å². The normalized spacial score (nSPS) is 11.0. The second-order valence-corrected chi connectivity index (χ2v) is 6.96. The molecule has 2 aromatic carbocycles. The van der Waals surface area contributed by atoms with Crippen molar-refractivity contribution in [3.05, 3.63) is 65.2 Å². The minimum Gasteiger partial charge on any atom is -0.461 e. The number of nitrogens with one attached hydrogen (secondary N) is 1. The molecule has 1 N–H and O–H groups in total.